The first-order valence-corrected chi connectivity index (χ1v) is 16.2. The van der Waals surface area contributed by atoms with Crippen LogP contribution < -0.4 is 16.0 Å². The maximum absolute atomic E-state index is 13.7. The van der Waals surface area contributed by atoms with Crippen molar-refractivity contribution in [3.8, 4) is 0 Å². The maximum atomic E-state index is 13.7. The molecule has 1 saturated carbocycles. The zero-order valence-electron chi connectivity index (χ0n) is 25.0. The van der Waals surface area contributed by atoms with Crippen LogP contribution in [0.5, 0.6) is 0 Å². The van der Waals surface area contributed by atoms with E-state index < -0.39 is 6.04 Å². The summed E-state index contributed by atoms with van der Waals surface area (Å²) in [5, 5.41) is 10.0. The molecule has 224 valence electrons. The van der Waals surface area contributed by atoms with Gasteiger partial charge in [-0.2, -0.15) is 0 Å². The van der Waals surface area contributed by atoms with Crippen LogP contribution in [0, 0.1) is 5.92 Å². The zero-order chi connectivity index (χ0) is 29.4. The molecule has 3 amide bonds. The van der Waals surface area contributed by atoms with Gasteiger partial charge in [-0.15, -0.1) is 11.3 Å². The second-order valence-corrected chi connectivity index (χ2v) is 13.1. The van der Waals surface area contributed by atoms with E-state index in [9.17, 15) is 14.4 Å². The van der Waals surface area contributed by atoms with Crippen molar-refractivity contribution in [2.75, 3.05) is 26.2 Å². The van der Waals surface area contributed by atoms with E-state index in [0.29, 0.717) is 37.4 Å². The van der Waals surface area contributed by atoms with Gasteiger partial charge < -0.3 is 16.0 Å². The predicted octanol–water partition coefficient (Wildman–Crippen LogP) is 4.69. The molecule has 2 fully saturated rings. The highest BCUT2D eigenvalue weighted by molar-refractivity contribution is 7.18. The number of hydrogen-bond acceptors (Lipinski definition) is 6. The highest BCUT2D eigenvalue weighted by Crippen LogP contribution is 2.28. The van der Waals surface area contributed by atoms with Gasteiger partial charge in [0.25, 0.3) is 0 Å². The van der Waals surface area contributed by atoms with E-state index in [0.717, 1.165) is 66.8 Å². The first-order valence-electron chi connectivity index (χ1n) is 15.4. The number of carbonyl (C=O) groups is 3. The van der Waals surface area contributed by atoms with E-state index in [-0.39, 0.29) is 29.7 Å². The number of carbonyl (C=O) groups excluding carboxylic acids is 3. The molecule has 1 aromatic heterocycles. The van der Waals surface area contributed by atoms with Crippen LogP contribution in [0.3, 0.4) is 0 Å². The third kappa shape index (κ3) is 8.85. The highest BCUT2D eigenvalue weighted by atomic mass is 32.1. The van der Waals surface area contributed by atoms with E-state index in [2.05, 4.69) is 53.4 Å². The number of nitrogens with zero attached hydrogens (tertiary/aromatic N) is 2. The Morgan fingerprint density at radius 1 is 1.07 bits per heavy atom. The van der Waals surface area contributed by atoms with Crippen LogP contribution in [0.15, 0.2) is 30.4 Å². The first kappa shape index (κ1) is 31.2. The van der Waals surface area contributed by atoms with Crippen LogP contribution in [0.4, 0.5) is 0 Å². The molecule has 0 spiro atoms. The van der Waals surface area contributed by atoms with Gasteiger partial charge >= 0.3 is 0 Å². The lowest BCUT2D eigenvalue weighted by molar-refractivity contribution is -0.129. The topological polar surface area (TPSA) is 103 Å². The van der Waals surface area contributed by atoms with Crippen LogP contribution >= 0.6 is 11.3 Å². The Hall–Kier alpha value is -2.78. The molecule has 3 N–H and O–H groups in total. The molecule has 1 aliphatic heterocycles. The molecule has 0 radical (unpaired) electrons. The number of benzene rings is 1. The number of fused-ring (bicyclic) bond motifs is 1. The second kappa shape index (κ2) is 14.9. The third-order valence-corrected chi connectivity index (χ3v) is 9.48. The fraction of sp³-hybridized carbons (Fsp3) is 0.625. The minimum atomic E-state index is -0.737. The van der Waals surface area contributed by atoms with Crippen molar-refractivity contribution in [3.05, 3.63) is 40.9 Å². The van der Waals surface area contributed by atoms with Crippen molar-refractivity contribution < 1.29 is 14.4 Å². The summed E-state index contributed by atoms with van der Waals surface area (Å²) in [6, 6.07) is 5.35. The second-order valence-electron chi connectivity index (χ2n) is 12.0. The number of amides is 3. The predicted molar refractivity (Wildman–Crippen MR) is 166 cm³/mol. The van der Waals surface area contributed by atoms with Gasteiger partial charge in [-0.3, -0.25) is 19.3 Å². The van der Waals surface area contributed by atoms with Crippen molar-refractivity contribution in [2.45, 2.75) is 96.6 Å². The Balaban J connectivity index is 1.45. The lowest BCUT2D eigenvalue weighted by Crippen LogP contribution is -2.55. The molecular formula is C32H47N5O3S. The first-order chi connectivity index (χ1) is 19.7. The number of nitrogens with one attached hydrogen (secondary N) is 3. The molecule has 2 aliphatic rings. The lowest BCUT2D eigenvalue weighted by Gasteiger charge is -2.32. The normalized spacial score (nSPS) is 17.9. The van der Waals surface area contributed by atoms with Crippen LogP contribution in [0.1, 0.15) is 88.6 Å². The van der Waals surface area contributed by atoms with Gasteiger partial charge in [-0.05, 0) is 68.3 Å². The summed E-state index contributed by atoms with van der Waals surface area (Å²) < 4.78 is 1.09. The van der Waals surface area contributed by atoms with E-state index in [4.69, 9.17) is 4.98 Å². The number of aromatic nitrogens is 1. The van der Waals surface area contributed by atoms with Gasteiger partial charge in [0.2, 0.25) is 17.7 Å². The summed E-state index contributed by atoms with van der Waals surface area (Å²) >= 11 is 1.57. The van der Waals surface area contributed by atoms with Gasteiger partial charge in [-0.25, -0.2) is 4.98 Å². The standard InChI is InChI=1S/C32H47N5O3S/c1-5-29(38)34-26(18-30-35-25-14-13-24(21(2)3)17-28(25)41-30)32(40)36-27(23-11-7-6-8-12-23)19-33-31(39)22(4)20-37-15-9-10-16-37/h13-14,17,21,23,26-27H,4-12,15-16,18-20H2,1-3H3,(H,33,39)(H,34,38)(H,36,40)/t26-,27+/m0/s1. The minimum Gasteiger partial charge on any atom is -0.350 e. The van der Waals surface area contributed by atoms with Crippen LogP contribution in [-0.2, 0) is 20.8 Å². The summed E-state index contributed by atoms with van der Waals surface area (Å²) in [7, 11) is 0. The number of hydrogen-bond donors (Lipinski definition) is 3. The van der Waals surface area contributed by atoms with Gasteiger partial charge in [0.15, 0.2) is 0 Å². The van der Waals surface area contributed by atoms with E-state index in [1.165, 1.54) is 12.0 Å². The fourth-order valence-corrected chi connectivity index (χ4v) is 6.94. The monoisotopic (exact) mass is 581 g/mol. The van der Waals surface area contributed by atoms with E-state index in [1.54, 1.807) is 18.3 Å². The Bertz CT molecular complexity index is 1210. The van der Waals surface area contributed by atoms with Gasteiger partial charge in [-0.1, -0.05) is 52.7 Å². The zero-order valence-corrected chi connectivity index (χ0v) is 25.8. The highest BCUT2D eigenvalue weighted by Gasteiger charge is 2.30. The van der Waals surface area contributed by atoms with Crippen LogP contribution in [0.25, 0.3) is 10.2 Å². The lowest BCUT2D eigenvalue weighted by atomic mass is 9.83. The molecular weight excluding hydrogens is 534 g/mol. The van der Waals surface area contributed by atoms with Crippen LogP contribution in [0.2, 0.25) is 0 Å². The SMILES string of the molecule is C=C(CN1CCCC1)C(=O)NC[C@@H](NC(=O)[C@H](Cc1nc2ccc(C(C)C)cc2s1)NC(=O)CC)C1CCCCC1. The molecule has 2 aromatic rings. The number of likely N-dealkylation sites (tertiary alicyclic amines) is 1. The average molecular weight is 582 g/mol. The Labute approximate surface area is 248 Å². The molecule has 2 atom stereocenters. The third-order valence-electron chi connectivity index (χ3n) is 8.44. The Kier molecular flexibility index (Phi) is 11.3. The molecule has 0 unspecified atom stereocenters. The number of rotatable bonds is 13. The number of thiazole rings is 1. The minimum absolute atomic E-state index is 0.155. The fourth-order valence-electron chi connectivity index (χ4n) is 5.88. The van der Waals surface area contributed by atoms with Crippen molar-refractivity contribution in [2.24, 2.45) is 5.92 Å². The van der Waals surface area contributed by atoms with Crippen molar-refractivity contribution in [3.63, 3.8) is 0 Å². The van der Waals surface area contributed by atoms with Crippen molar-refractivity contribution in [1.29, 1.82) is 0 Å². The summed E-state index contributed by atoms with van der Waals surface area (Å²) in [6.07, 6.45) is 8.40. The average Bonchev–Trinajstić information content (AvgIpc) is 3.63. The smallest absolute Gasteiger partial charge is 0.247 e. The summed E-state index contributed by atoms with van der Waals surface area (Å²) in [6.45, 7) is 13.1. The van der Waals surface area contributed by atoms with E-state index >= 15 is 0 Å². The Morgan fingerprint density at radius 3 is 2.49 bits per heavy atom. The molecule has 41 heavy (non-hydrogen) atoms. The van der Waals surface area contributed by atoms with Gasteiger partial charge in [0.05, 0.1) is 15.2 Å². The summed E-state index contributed by atoms with van der Waals surface area (Å²) in [5.74, 6) is 0.142. The van der Waals surface area contributed by atoms with E-state index in [1.807, 2.05) is 6.07 Å². The summed E-state index contributed by atoms with van der Waals surface area (Å²) in [4.78, 5) is 46.1. The summed E-state index contributed by atoms with van der Waals surface area (Å²) in [5.41, 5.74) is 2.72. The molecule has 9 heteroatoms. The van der Waals surface area contributed by atoms with Crippen molar-refractivity contribution in [1.82, 2.24) is 25.8 Å². The maximum Gasteiger partial charge on any atom is 0.247 e. The molecule has 1 aromatic carbocycles. The quantitative estimate of drug-likeness (QED) is 0.298. The van der Waals surface area contributed by atoms with Crippen LogP contribution in [-0.4, -0.2) is 65.9 Å². The van der Waals surface area contributed by atoms with Gasteiger partial charge in [0.1, 0.15) is 6.04 Å². The molecule has 2 heterocycles. The molecule has 8 nitrogen and oxygen atoms in total. The largest absolute Gasteiger partial charge is 0.350 e. The molecule has 0 bridgehead atoms. The molecule has 1 aliphatic carbocycles. The van der Waals surface area contributed by atoms with Gasteiger partial charge in [0, 0.05) is 37.5 Å². The molecule has 1 saturated heterocycles. The Morgan fingerprint density at radius 2 is 1.80 bits per heavy atom. The van der Waals surface area contributed by atoms with Crippen molar-refractivity contribution >= 4 is 39.3 Å². The molecule has 4 rings (SSSR count).